The number of alkyl halides is 3. The van der Waals surface area contributed by atoms with Gasteiger partial charge in [-0.05, 0) is 6.07 Å². The molecule has 3 rings (SSSR count). The number of hydrogen-bond donors (Lipinski definition) is 1. The molecule has 4 nitrogen and oxygen atoms in total. The van der Waals surface area contributed by atoms with Gasteiger partial charge < -0.3 is 4.90 Å². The number of halogens is 3. The molecule has 0 unspecified atom stereocenters. The van der Waals surface area contributed by atoms with Crippen LogP contribution in [0.1, 0.15) is 0 Å². The molecule has 7 heteroatoms. The van der Waals surface area contributed by atoms with Crippen molar-refractivity contribution in [1.29, 1.82) is 0 Å². The lowest BCUT2D eigenvalue weighted by molar-refractivity contribution is -0.180. The first-order valence-electron chi connectivity index (χ1n) is 5.15. The summed E-state index contributed by atoms with van der Waals surface area (Å²) in [6.45, 7) is 0.0169. The lowest BCUT2D eigenvalue weighted by Gasteiger charge is -2.41. The molecule has 1 saturated heterocycles. The number of fused-ring (bicyclic) bond motifs is 1. The number of rotatable bonds is 1. The molecule has 2 aromatic heterocycles. The highest BCUT2D eigenvalue weighted by Gasteiger charge is 2.47. The second-order valence-electron chi connectivity index (χ2n) is 4.14. The number of aromatic amines is 1. The lowest BCUT2D eigenvalue weighted by Crippen LogP contribution is -2.53. The van der Waals surface area contributed by atoms with Crippen molar-refractivity contribution in [2.24, 2.45) is 5.92 Å². The minimum atomic E-state index is -4.09. The third-order valence-corrected chi connectivity index (χ3v) is 2.99. The van der Waals surface area contributed by atoms with Crippen molar-refractivity contribution in [2.75, 3.05) is 18.0 Å². The van der Waals surface area contributed by atoms with Crippen LogP contribution in [0.5, 0.6) is 0 Å². The third-order valence-electron chi connectivity index (χ3n) is 2.99. The summed E-state index contributed by atoms with van der Waals surface area (Å²) >= 11 is 0. The van der Waals surface area contributed by atoms with Crippen LogP contribution in [0.2, 0.25) is 0 Å². The fraction of sp³-hybridized carbons (Fsp3) is 0.400. The van der Waals surface area contributed by atoms with E-state index in [9.17, 15) is 13.2 Å². The maximum atomic E-state index is 12.3. The van der Waals surface area contributed by atoms with Gasteiger partial charge in [0.25, 0.3) is 0 Å². The Balaban J connectivity index is 1.78. The highest BCUT2D eigenvalue weighted by molar-refractivity contribution is 5.77. The van der Waals surface area contributed by atoms with Gasteiger partial charge in [-0.2, -0.15) is 18.3 Å². The summed E-state index contributed by atoms with van der Waals surface area (Å²) in [7, 11) is 0. The van der Waals surface area contributed by atoms with Gasteiger partial charge in [-0.25, -0.2) is 4.98 Å². The zero-order valence-corrected chi connectivity index (χ0v) is 8.70. The van der Waals surface area contributed by atoms with E-state index >= 15 is 0 Å². The molecule has 1 aliphatic rings. The summed E-state index contributed by atoms with van der Waals surface area (Å²) < 4.78 is 37.0. The molecular formula is C10H9F3N4. The maximum absolute atomic E-state index is 12.3. The fourth-order valence-corrected chi connectivity index (χ4v) is 1.89. The van der Waals surface area contributed by atoms with Crippen molar-refractivity contribution < 1.29 is 13.2 Å². The molecule has 0 saturated carbocycles. The monoisotopic (exact) mass is 242 g/mol. The molecule has 0 atom stereocenters. The number of nitrogens with one attached hydrogen (secondary N) is 1. The van der Waals surface area contributed by atoms with Gasteiger partial charge in [0.15, 0.2) is 5.65 Å². The summed E-state index contributed by atoms with van der Waals surface area (Å²) in [6, 6.07) is 1.79. The smallest absolute Gasteiger partial charge is 0.369 e. The van der Waals surface area contributed by atoms with Crippen LogP contribution < -0.4 is 4.90 Å². The Morgan fingerprint density at radius 1 is 1.29 bits per heavy atom. The summed E-state index contributed by atoms with van der Waals surface area (Å²) in [4.78, 5) is 5.75. The molecule has 1 fully saturated rings. The molecule has 0 aliphatic carbocycles. The minimum Gasteiger partial charge on any atom is -0.369 e. The Morgan fingerprint density at radius 3 is 2.76 bits per heavy atom. The summed E-state index contributed by atoms with van der Waals surface area (Å²) in [5, 5.41) is 7.31. The number of aromatic nitrogens is 3. The summed E-state index contributed by atoms with van der Waals surface area (Å²) in [6.07, 6.45) is -0.927. The van der Waals surface area contributed by atoms with Crippen molar-refractivity contribution in [2.45, 2.75) is 6.18 Å². The minimum absolute atomic E-state index is 0.00847. The van der Waals surface area contributed by atoms with Gasteiger partial charge in [0.05, 0.1) is 24.0 Å². The third kappa shape index (κ3) is 1.71. The Kier molecular flexibility index (Phi) is 2.04. The van der Waals surface area contributed by atoms with E-state index in [-0.39, 0.29) is 13.1 Å². The normalized spacial score (nSPS) is 17.5. The SMILES string of the molecule is FC(F)(F)C1CN(c2cnc3[nH]ncc3c2)C1. The number of pyridine rings is 1. The number of H-pyrrole nitrogens is 1. The molecule has 17 heavy (non-hydrogen) atoms. The predicted octanol–water partition coefficient (Wildman–Crippen LogP) is 1.96. The van der Waals surface area contributed by atoms with Crippen LogP contribution >= 0.6 is 0 Å². The van der Waals surface area contributed by atoms with Crippen LogP contribution in [0.25, 0.3) is 11.0 Å². The van der Waals surface area contributed by atoms with E-state index in [2.05, 4.69) is 15.2 Å². The van der Waals surface area contributed by atoms with E-state index in [1.54, 1.807) is 23.4 Å². The molecule has 1 aliphatic heterocycles. The average Bonchev–Trinajstić information content (AvgIpc) is 2.59. The van der Waals surface area contributed by atoms with Crippen molar-refractivity contribution >= 4 is 16.7 Å². The van der Waals surface area contributed by atoms with E-state index in [0.29, 0.717) is 11.3 Å². The molecule has 0 spiro atoms. The van der Waals surface area contributed by atoms with E-state index in [1.807, 2.05) is 0 Å². The maximum Gasteiger partial charge on any atom is 0.395 e. The van der Waals surface area contributed by atoms with Crippen molar-refractivity contribution in [1.82, 2.24) is 15.2 Å². The number of anilines is 1. The molecule has 1 N–H and O–H groups in total. The second-order valence-corrected chi connectivity index (χ2v) is 4.14. The summed E-state index contributed by atoms with van der Waals surface area (Å²) in [5.41, 5.74) is 1.35. The van der Waals surface area contributed by atoms with Crippen molar-refractivity contribution in [3.05, 3.63) is 18.5 Å². The highest BCUT2D eigenvalue weighted by Crippen LogP contribution is 2.36. The molecule has 0 amide bonds. The molecule has 0 aromatic carbocycles. The Morgan fingerprint density at radius 2 is 2.06 bits per heavy atom. The number of hydrogen-bond acceptors (Lipinski definition) is 3. The van der Waals surface area contributed by atoms with Gasteiger partial charge in [-0.3, -0.25) is 5.10 Å². The van der Waals surface area contributed by atoms with Crippen molar-refractivity contribution in [3.63, 3.8) is 0 Å². The number of nitrogens with zero attached hydrogens (tertiary/aromatic N) is 3. The molecular weight excluding hydrogens is 233 g/mol. The van der Waals surface area contributed by atoms with Gasteiger partial charge in [0.1, 0.15) is 0 Å². The first kappa shape index (κ1) is 10.4. The largest absolute Gasteiger partial charge is 0.395 e. The highest BCUT2D eigenvalue weighted by atomic mass is 19.4. The molecule has 2 aromatic rings. The summed E-state index contributed by atoms with van der Waals surface area (Å²) in [5.74, 6) is -1.22. The molecule has 0 radical (unpaired) electrons. The van der Waals surface area contributed by atoms with Gasteiger partial charge in [0, 0.05) is 18.5 Å². The van der Waals surface area contributed by atoms with Gasteiger partial charge in [-0.15, -0.1) is 0 Å². The standard InChI is InChI=1S/C10H9F3N4/c11-10(12,13)7-4-17(5-7)8-1-6-2-15-16-9(6)14-3-8/h1-3,7H,4-5H2,(H,14,15,16). The van der Waals surface area contributed by atoms with Crippen LogP contribution in [0, 0.1) is 5.92 Å². The van der Waals surface area contributed by atoms with E-state index < -0.39 is 12.1 Å². The van der Waals surface area contributed by atoms with Crippen LogP contribution in [0.15, 0.2) is 18.5 Å². The predicted molar refractivity (Wildman–Crippen MR) is 55.6 cm³/mol. The van der Waals surface area contributed by atoms with Crippen LogP contribution in [0.3, 0.4) is 0 Å². The quantitative estimate of drug-likeness (QED) is 0.831. The first-order chi connectivity index (χ1) is 8.04. The molecule has 90 valence electrons. The van der Waals surface area contributed by atoms with Gasteiger partial charge in [-0.1, -0.05) is 0 Å². The van der Waals surface area contributed by atoms with E-state index in [4.69, 9.17) is 0 Å². The van der Waals surface area contributed by atoms with Gasteiger partial charge in [0.2, 0.25) is 0 Å². The second kappa shape index (κ2) is 3.35. The van der Waals surface area contributed by atoms with Crippen molar-refractivity contribution in [3.8, 4) is 0 Å². The van der Waals surface area contributed by atoms with Crippen LogP contribution in [-0.4, -0.2) is 34.4 Å². The lowest BCUT2D eigenvalue weighted by atomic mass is 9.99. The van der Waals surface area contributed by atoms with Gasteiger partial charge >= 0.3 is 6.18 Å². The zero-order chi connectivity index (χ0) is 12.0. The molecule has 0 bridgehead atoms. The Hall–Kier alpha value is -1.79. The van der Waals surface area contributed by atoms with Crippen LogP contribution in [0.4, 0.5) is 18.9 Å². The fourth-order valence-electron chi connectivity index (χ4n) is 1.89. The van der Waals surface area contributed by atoms with E-state index in [1.165, 1.54) is 0 Å². The Bertz CT molecular complexity index is 542. The van der Waals surface area contributed by atoms with E-state index in [0.717, 1.165) is 5.39 Å². The van der Waals surface area contributed by atoms with Crippen LogP contribution in [-0.2, 0) is 0 Å². The first-order valence-corrected chi connectivity index (χ1v) is 5.15. The zero-order valence-electron chi connectivity index (χ0n) is 8.70. The average molecular weight is 242 g/mol. The topological polar surface area (TPSA) is 44.8 Å². The molecule has 3 heterocycles. The Labute approximate surface area is 94.4 Å².